The molecule has 1 spiro atoms. The van der Waals surface area contributed by atoms with Gasteiger partial charge in [-0.15, -0.1) is 0 Å². The number of ether oxygens (including phenoxy) is 1. The number of rotatable bonds is 6. The van der Waals surface area contributed by atoms with Crippen LogP contribution in [0.15, 0.2) is 22.8 Å². The predicted octanol–water partition coefficient (Wildman–Crippen LogP) is 2.74. The second kappa shape index (κ2) is 7.57. The first-order valence-corrected chi connectivity index (χ1v) is 9.03. The summed E-state index contributed by atoms with van der Waals surface area (Å²) in [6.07, 6.45) is 7.76. The molecule has 2 fully saturated rings. The number of amides is 2. The summed E-state index contributed by atoms with van der Waals surface area (Å²) in [7, 11) is 0. The topological polar surface area (TPSA) is 83.7 Å². The molecule has 0 saturated heterocycles. The van der Waals surface area contributed by atoms with Crippen LogP contribution in [0.2, 0.25) is 0 Å². The maximum Gasteiger partial charge on any atom is 0.315 e. The molecule has 6 nitrogen and oxygen atoms in total. The van der Waals surface area contributed by atoms with Crippen LogP contribution in [-0.2, 0) is 4.74 Å². The lowest BCUT2D eigenvalue weighted by Gasteiger charge is -2.57. The zero-order chi connectivity index (χ0) is 17.0. The summed E-state index contributed by atoms with van der Waals surface area (Å²) in [5.41, 5.74) is 0.102. The molecule has 3 atom stereocenters. The number of aliphatic hydroxyl groups is 1. The molecule has 3 rings (SSSR count). The highest BCUT2D eigenvalue weighted by Gasteiger charge is 2.56. The Balaban J connectivity index is 1.50. The second-order valence-electron chi connectivity index (χ2n) is 6.91. The van der Waals surface area contributed by atoms with E-state index in [9.17, 15) is 9.90 Å². The molecule has 134 valence electrons. The Morgan fingerprint density at radius 1 is 1.46 bits per heavy atom. The van der Waals surface area contributed by atoms with E-state index in [0.29, 0.717) is 5.76 Å². The fourth-order valence-electron chi connectivity index (χ4n) is 4.25. The van der Waals surface area contributed by atoms with E-state index in [1.807, 2.05) is 6.92 Å². The molecule has 0 aromatic carbocycles. The summed E-state index contributed by atoms with van der Waals surface area (Å²) >= 11 is 0. The van der Waals surface area contributed by atoms with Crippen LogP contribution in [0.4, 0.5) is 4.79 Å². The van der Waals surface area contributed by atoms with Crippen molar-refractivity contribution in [2.24, 2.45) is 5.41 Å². The van der Waals surface area contributed by atoms with E-state index in [1.165, 1.54) is 25.5 Å². The number of carbonyl (C=O) groups is 1. The molecule has 0 radical (unpaired) electrons. The molecule has 6 heteroatoms. The molecule has 1 aromatic rings. The Morgan fingerprint density at radius 3 is 2.92 bits per heavy atom. The Bertz CT molecular complexity index is 525. The van der Waals surface area contributed by atoms with E-state index in [-0.39, 0.29) is 30.1 Å². The van der Waals surface area contributed by atoms with E-state index in [4.69, 9.17) is 9.15 Å². The SMILES string of the molecule is CCOC1CC(NC(=O)NCC(O)c2ccco2)C12CCCCC2. The van der Waals surface area contributed by atoms with Crippen LogP contribution in [0.1, 0.15) is 57.3 Å². The molecule has 2 aliphatic rings. The van der Waals surface area contributed by atoms with Gasteiger partial charge in [0.2, 0.25) is 0 Å². The standard InChI is InChI=1S/C18H28N2O4/c1-2-23-16-11-15(18(16)8-4-3-5-9-18)20-17(22)19-12-13(21)14-7-6-10-24-14/h6-7,10,13,15-16,21H,2-5,8-9,11-12H2,1H3,(H2,19,20,22). The van der Waals surface area contributed by atoms with Crippen LogP contribution in [-0.4, -0.2) is 36.4 Å². The van der Waals surface area contributed by atoms with Gasteiger partial charge in [0.05, 0.1) is 18.9 Å². The van der Waals surface area contributed by atoms with Crippen molar-refractivity contribution < 1.29 is 19.1 Å². The molecule has 2 saturated carbocycles. The number of nitrogens with one attached hydrogen (secondary N) is 2. The van der Waals surface area contributed by atoms with Gasteiger partial charge in [0, 0.05) is 18.1 Å². The third-order valence-electron chi connectivity index (χ3n) is 5.57. The first-order chi connectivity index (χ1) is 11.7. The predicted molar refractivity (Wildman–Crippen MR) is 89.5 cm³/mol. The lowest BCUT2D eigenvalue weighted by Crippen LogP contribution is -2.66. The van der Waals surface area contributed by atoms with Crippen LogP contribution in [0, 0.1) is 5.41 Å². The number of furan rings is 1. The summed E-state index contributed by atoms with van der Waals surface area (Å²) in [4.78, 5) is 12.2. The van der Waals surface area contributed by atoms with Gasteiger partial charge in [-0.1, -0.05) is 19.3 Å². The number of aliphatic hydroxyl groups excluding tert-OH is 1. The lowest BCUT2D eigenvalue weighted by molar-refractivity contribution is -0.146. The van der Waals surface area contributed by atoms with E-state index in [2.05, 4.69) is 10.6 Å². The van der Waals surface area contributed by atoms with Gasteiger partial charge in [-0.05, 0) is 38.3 Å². The van der Waals surface area contributed by atoms with Crippen molar-refractivity contribution in [2.45, 2.75) is 63.7 Å². The highest BCUT2D eigenvalue weighted by atomic mass is 16.5. The highest BCUT2D eigenvalue weighted by molar-refractivity contribution is 5.74. The van der Waals surface area contributed by atoms with Crippen LogP contribution >= 0.6 is 0 Å². The molecule has 1 heterocycles. The molecule has 0 aliphatic heterocycles. The van der Waals surface area contributed by atoms with Gasteiger partial charge in [0.25, 0.3) is 0 Å². The van der Waals surface area contributed by atoms with E-state index in [0.717, 1.165) is 25.9 Å². The largest absolute Gasteiger partial charge is 0.467 e. The van der Waals surface area contributed by atoms with Gasteiger partial charge in [0.15, 0.2) is 0 Å². The molecule has 0 bridgehead atoms. The average Bonchev–Trinajstić information content (AvgIpc) is 3.14. The van der Waals surface area contributed by atoms with Crippen molar-refractivity contribution in [3.63, 3.8) is 0 Å². The molecule has 3 N–H and O–H groups in total. The van der Waals surface area contributed by atoms with Gasteiger partial charge in [-0.25, -0.2) is 4.79 Å². The molecule has 2 aliphatic carbocycles. The van der Waals surface area contributed by atoms with Gasteiger partial charge in [-0.3, -0.25) is 0 Å². The first kappa shape index (κ1) is 17.3. The van der Waals surface area contributed by atoms with E-state index < -0.39 is 6.10 Å². The minimum Gasteiger partial charge on any atom is -0.467 e. The summed E-state index contributed by atoms with van der Waals surface area (Å²) in [6, 6.07) is 3.34. The Kier molecular flexibility index (Phi) is 5.46. The Hall–Kier alpha value is -1.53. The lowest BCUT2D eigenvalue weighted by atomic mass is 9.55. The van der Waals surface area contributed by atoms with Crippen molar-refractivity contribution in [3.8, 4) is 0 Å². The van der Waals surface area contributed by atoms with E-state index >= 15 is 0 Å². The van der Waals surface area contributed by atoms with Crippen molar-refractivity contribution in [3.05, 3.63) is 24.2 Å². The number of carbonyl (C=O) groups excluding carboxylic acids is 1. The summed E-state index contributed by atoms with van der Waals surface area (Å²) < 4.78 is 11.0. The molecule has 3 unspecified atom stereocenters. The quantitative estimate of drug-likeness (QED) is 0.746. The highest BCUT2D eigenvalue weighted by Crippen LogP contribution is 2.53. The van der Waals surface area contributed by atoms with Crippen LogP contribution in [0.3, 0.4) is 0 Å². The second-order valence-corrected chi connectivity index (χ2v) is 6.91. The number of hydrogen-bond donors (Lipinski definition) is 3. The van der Waals surface area contributed by atoms with Crippen LogP contribution in [0.25, 0.3) is 0 Å². The number of urea groups is 1. The average molecular weight is 336 g/mol. The van der Waals surface area contributed by atoms with Gasteiger partial charge < -0.3 is 24.9 Å². The van der Waals surface area contributed by atoms with E-state index in [1.54, 1.807) is 12.1 Å². The van der Waals surface area contributed by atoms with Crippen molar-refractivity contribution in [1.82, 2.24) is 10.6 Å². The van der Waals surface area contributed by atoms with Gasteiger partial charge in [0.1, 0.15) is 11.9 Å². The Labute approximate surface area is 142 Å². The normalized spacial score (nSPS) is 26.6. The molecule has 2 amide bonds. The minimum absolute atomic E-state index is 0.102. The van der Waals surface area contributed by atoms with Crippen molar-refractivity contribution in [1.29, 1.82) is 0 Å². The summed E-state index contributed by atoms with van der Waals surface area (Å²) in [6.45, 7) is 2.88. The fraction of sp³-hybridized carbons (Fsp3) is 0.722. The summed E-state index contributed by atoms with van der Waals surface area (Å²) in [5, 5.41) is 15.8. The molecule has 1 aromatic heterocycles. The van der Waals surface area contributed by atoms with Gasteiger partial charge >= 0.3 is 6.03 Å². The van der Waals surface area contributed by atoms with Gasteiger partial charge in [-0.2, -0.15) is 0 Å². The third kappa shape index (κ3) is 3.44. The number of hydrogen-bond acceptors (Lipinski definition) is 4. The molecule has 24 heavy (non-hydrogen) atoms. The first-order valence-electron chi connectivity index (χ1n) is 9.03. The smallest absolute Gasteiger partial charge is 0.315 e. The van der Waals surface area contributed by atoms with Crippen LogP contribution < -0.4 is 10.6 Å². The maximum absolute atomic E-state index is 12.2. The summed E-state index contributed by atoms with van der Waals surface area (Å²) in [5.74, 6) is 0.458. The maximum atomic E-state index is 12.2. The van der Waals surface area contributed by atoms with Crippen molar-refractivity contribution >= 4 is 6.03 Å². The third-order valence-corrected chi connectivity index (χ3v) is 5.57. The molecular weight excluding hydrogens is 308 g/mol. The van der Waals surface area contributed by atoms with Crippen LogP contribution in [0.5, 0.6) is 0 Å². The monoisotopic (exact) mass is 336 g/mol. The zero-order valence-electron chi connectivity index (χ0n) is 14.3. The van der Waals surface area contributed by atoms with Crippen molar-refractivity contribution in [2.75, 3.05) is 13.2 Å². The zero-order valence-corrected chi connectivity index (χ0v) is 14.3. The molecular formula is C18H28N2O4. The fourth-order valence-corrected chi connectivity index (χ4v) is 4.25. The Morgan fingerprint density at radius 2 is 2.25 bits per heavy atom. The minimum atomic E-state index is -0.827.